The number of benzene rings is 1. The smallest absolute Gasteiger partial charge is 0.325 e. The third-order valence-electron chi connectivity index (χ3n) is 3.47. The van der Waals surface area contributed by atoms with Crippen LogP contribution in [-0.2, 0) is 4.79 Å². The van der Waals surface area contributed by atoms with E-state index in [2.05, 4.69) is 17.4 Å². The Labute approximate surface area is 114 Å². The van der Waals surface area contributed by atoms with E-state index in [1.807, 2.05) is 31.1 Å². The molecular weight excluding hydrogens is 240 g/mol. The normalized spacial score (nSPS) is 16.6. The largest absolute Gasteiger partial charge is 0.480 e. The van der Waals surface area contributed by atoms with E-state index in [0.717, 1.165) is 12.1 Å². The highest BCUT2D eigenvalue weighted by molar-refractivity contribution is 5.75. The second-order valence-electron chi connectivity index (χ2n) is 5.47. The van der Waals surface area contributed by atoms with Crippen molar-refractivity contribution in [2.75, 3.05) is 27.2 Å². The van der Waals surface area contributed by atoms with E-state index < -0.39 is 12.0 Å². The number of carbonyl (C=O) groups is 1. The fourth-order valence-corrected chi connectivity index (χ4v) is 2.16. The Hall–Kier alpha value is -1.39. The number of carboxylic acid groups (broad SMARTS) is 1. The van der Waals surface area contributed by atoms with Crippen LogP contribution in [0.5, 0.6) is 0 Å². The summed E-state index contributed by atoms with van der Waals surface area (Å²) in [5.74, 6) is -0.114. The van der Waals surface area contributed by atoms with Gasteiger partial charge in [0.05, 0.1) is 0 Å². The summed E-state index contributed by atoms with van der Waals surface area (Å²) >= 11 is 0. The number of nitrogens with zero attached hydrogens (tertiary/aromatic N) is 1. The average molecular weight is 262 g/mol. The summed E-state index contributed by atoms with van der Waals surface area (Å²) in [5.41, 5.74) is 2.16. The molecular formula is C15H22N2O2. The lowest BCUT2D eigenvalue weighted by molar-refractivity contribution is -0.139. The lowest BCUT2D eigenvalue weighted by Crippen LogP contribution is -2.33. The first-order valence-electron chi connectivity index (χ1n) is 6.78. The molecule has 1 aromatic rings. The molecule has 104 valence electrons. The van der Waals surface area contributed by atoms with E-state index in [1.165, 1.54) is 18.4 Å². The van der Waals surface area contributed by atoms with Crippen molar-refractivity contribution in [3.63, 3.8) is 0 Å². The third kappa shape index (κ3) is 4.04. The minimum atomic E-state index is -0.821. The molecule has 0 aromatic heterocycles. The van der Waals surface area contributed by atoms with Crippen molar-refractivity contribution in [3.8, 4) is 0 Å². The molecule has 0 aliphatic heterocycles. The second-order valence-corrected chi connectivity index (χ2v) is 5.47. The van der Waals surface area contributed by atoms with Gasteiger partial charge in [0.1, 0.15) is 6.04 Å². The molecule has 1 aromatic carbocycles. The van der Waals surface area contributed by atoms with E-state index in [1.54, 1.807) is 0 Å². The van der Waals surface area contributed by atoms with Gasteiger partial charge in [0.25, 0.3) is 0 Å². The van der Waals surface area contributed by atoms with Crippen LogP contribution in [0.15, 0.2) is 24.3 Å². The van der Waals surface area contributed by atoms with Crippen LogP contribution in [0.3, 0.4) is 0 Å². The van der Waals surface area contributed by atoms with E-state index in [4.69, 9.17) is 0 Å². The molecule has 1 saturated carbocycles. The fraction of sp³-hybridized carbons (Fsp3) is 0.533. The molecule has 4 nitrogen and oxygen atoms in total. The number of hydrogen-bond donors (Lipinski definition) is 2. The molecule has 0 heterocycles. The Balaban J connectivity index is 1.99. The molecule has 0 amide bonds. The highest BCUT2D eigenvalue weighted by Crippen LogP contribution is 2.40. The number of rotatable bonds is 7. The van der Waals surface area contributed by atoms with Crippen molar-refractivity contribution in [3.05, 3.63) is 35.4 Å². The van der Waals surface area contributed by atoms with Gasteiger partial charge < -0.3 is 10.0 Å². The predicted molar refractivity (Wildman–Crippen MR) is 75.4 cm³/mol. The maximum absolute atomic E-state index is 11.3. The molecule has 0 radical (unpaired) electrons. The van der Waals surface area contributed by atoms with Crippen LogP contribution in [0, 0.1) is 0 Å². The molecule has 0 spiro atoms. The van der Waals surface area contributed by atoms with Gasteiger partial charge in [-0.05, 0) is 44.0 Å². The molecule has 1 unspecified atom stereocenters. The van der Waals surface area contributed by atoms with Crippen molar-refractivity contribution < 1.29 is 9.90 Å². The number of nitrogens with one attached hydrogen (secondary N) is 1. The van der Waals surface area contributed by atoms with Crippen LogP contribution in [0.25, 0.3) is 0 Å². The van der Waals surface area contributed by atoms with Crippen LogP contribution >= 0.6 is 0 Å². The molecule has 1 aliphatic rings. The highest BCUT2D eigenvalue weighted by atomic mass is 16.4. The van der Waals surface area contributed by atoms with Crippen LogP contribution in [-0.4, -0.2) is 43.2 Å². The zero-order valence-corrected chi connectivity index (χ0v) is 11.6. The van der Waals surface area contributed by atoms with Crippen molar-refractivity contribution in [2.24, 2.45) is 0 Å². The third-order valence-corrected chi connectivity index (χ3v) is 3.47. The number of likely N-dealkylation sites (N-methyl/N-ethyl adjacent to an activating group) is 1. The average Bonchev–Trinajstić information content (AvgIpc) is 3.18. The predicted octanol–water partition coefficient (Wildman–Crippen LogP) is 1.84. The Morgan fingerprint density at radius 2 is 2.00 bits per heavy atom. The Morgan fingerprint density at radius 1 is 1.37 bits per heavy atom. The maximum Gasteiger partial charge on any atom is 0.325 e. The van der Waals surface area contributed by atoms with Gasteiger partial charge in [-0.2, -0.15) is 0 Å². The first-order valence-corrected chi connectivity index (χ1v) is 6.78. The summed E-state index contributed by atoms with van der Waals surface area (Å²) in [4.78, 5) is 13.4. The Kier molecular flexibility index (Phi) is 4.56. The van der Waals surface area contributed by atoms with Gasteiger partial charge in [0.15, 0.2) is 0 Å². The SMILES string of the molecule is CN(C)CCNC(C(=O)O)c1ccc(C2CC2)cc1. The molecule has 1 aliphatic carbocycles. The van der Waals surface area contributed by atoms with Gasteiger partial charge in [-0.15, -0.1) is 0 Å². The molecule has 0 saturated heterocycles. The standard InChI is InChI=1S/C15H22N2O2/c1-17(2)10-9-16-14(15(18)19)13-7-5-12(6-8-13)11-3-4-11/h5-8,11,14,16H,3-4,9-10H2,1-2H3,(H,18,19). The van der Waals surface area contributed by atoms with Gasteiger partial charge in [0, 0.05) is 13.1 Å². The van der Waals surface area contributed by atoms with Crippen LogP contribution in [0.4, 0.5) is 0 Å². The first kappa shape index (κ1) is 14.0. The zero-order chi connectivity index (χ0) is 13.8. The summed E-state index contributed by atoms with van der Waals surface area (Å²) < 4.78 is 0. The summed E-state index contributed by atoms with van der Waals surface area (Å²) in [7, 11) is 3.95. The van der Waals surface area contributed by atoms with Gasteiger partial charge in [-0.3, -0.25) is 10.1 Å². The molecule has 1 fully saturated rings. The van der Waals surface area contributed by atoms with Crippen molar-refractivity contribution in [1.29, 1.82) is 0 Å². The second kappa shape index (κ2) is 6.17. The Bertz CT molecular complexity index is 424. The van der Waals surface area contributed by atoms with Crippen molar-refractivity contribution in [1.82, 2.24) is 10.2 Å². The molecule has 2 rings (SSSR count). The van der Waals surface area contributed by atoms with Gasteiger partial charge >= 0.3 is 5.97 Å². The number of carboxylic acids is 1. The summed E-state index contributed by atoms with van der Waals surface area (Å²) in [6.45, 7) is 1.48. The Morgan fingerprint density at radius 3 is 2.47 bits per heavy atom. The van der Waals surface area contributed by atoms with E-state index >= 15 is 0 Å². The van der Waals surface area contributed by atoms with Crippen LogP contribution in [0.2, 0.25) is 0 Å². The maximum atomic E-state index is 11.3. The number of hydrogen-bond acceptors (Lipinski definition) is 3. The molecule has 4 heteroatoms. The summed E-state index contributed by atoms with van der Waals surface area (Å²) in [5, 5.41) is 12.4. The van der Waals surface area contributed by atoms with Gasteiger partial charge in [-0.1, -0.05) is 24.3 Å². The number of aliphatic carboxylic acids is 1. The highest BCUT2D eigenvalue weighted by Gasteiger charge is 2.24. The van der Waals surface area contributed by atoms with E-state index in [-0.39, 0.29) is 0 Å². The fourth-order valence-electron chi connectivity index (χ4n) is 2.16. The lowest BCUT2D eigenvalue weighted by atomic mass is 10.0. The van der Waals surface area contributed by atoms with Gasteiger partial charge in [-0.25, -0.2) is 0 Å². The quantitative estimate of drug-likeness (QED) is 0.787. The van der Waals surface area contributed by atoms with Crippen molar-refractivity contribution in [2.45, 2.75) is 24.8 Å². The molecule has 1 atom stereocenters. The lowest BCUT2D eigenvalue weighted by Gasteiger charge is -2.17. The topological polar surface area (TPSA) is 52.6 Å². The van der Waals surface area contributed by atoms with Gasteiger partial charge in [0.2, 0.25) is 0 Å². The first-order chi connectivity index (χ1) is 9.08. The minimum Gasteiger partial charge on any atom is -0.480 e. The van der Waals surface area contributed by atoms with E-state index in [9.17, 15) is 9.90 Å². The molecule has 19 heavy (non-hydrogen) atoms. The van der Waals surface area contributed by atoms with Crippen LogP contribution < -0.4 is 5.32 Å². The van der Waals surface area contributed by atoms with E-state index in [0.29, 0.717) is 12.5 Å². The summed E-state index contributed by atoms with van der Waals surface area (Å²) in [6, 6.07) is 7.39. The minimum absolute atomic E-state index is 0.617. The van der Waals surface area contributed by atoms with Crippen molar-refractivity contribution >= 4 is 5.97 Å². The monoisotopic (exact) mass is 262 g/mol. The summed E-state index contributed by atoms with van der Waals surface area (Å²) in [6.07, 6.45) is 2.53. The zero-order valence-electron chi connectivity index (χ0n) is 11.6. The molecule has 0 bridgehead atoms. The van der Waals surface area contributed by atoms with Crippen LogP contribution in [0.1, 0.15) is 35.9 Å². The molecule has 2 N–H and O–H groups in total.